The van der Waals surface area contributed by atoms with Crippen LogP contribution in [-0.4, -0.2) is 17.0 Å². The number of rotatable bonds is 3. The summed E-state index contributed by atoms with van der Waals surface area (Å²) >= 11 is 5.45. The Morgan fingerprint density at radius 2 is 2.00 bits per heavy atom. The second kappa shape index (κ2) is 4.67. The molecule has 1 aromatic carbocycles. The molecule has 0 spiro atoms. The van der Waals surface area contributed by atoms with Crippen molar-refractivity contribution in [1.82, 2.24) is 0 Å². The van der Waals surface area contributed by atoms with Gasteiger partial charge in [0.2, 0.25) is 0 Å². The summed E-state index contributed by atoms with van der Waals surface area (Å²) < 4.78 is 0. The molecule has 0 saturated carbocycles. The number of alkyl halides is 1. The summed E-state index contributed by atoms with van der Waals surface area (Å²) in [4.78, 5) is 10.5. The molecule has 0 radical (unpaired) electrons. The Morgan fingerprint density at radius 1 is 1.38 bits per heavy atom. The predicted molar refractivity (Wildman–Crippen MR) is 53.2 cm³/mol. The molecule has 0 amide bonds. The van der Waals surface area contributed by atoms with E-state index in [4.69, 9.17) is 16.7 Å². The van der Waals surface area contributed by atoms with Crippen LogP contribution in [0.15, 0.2) is 30.3 Å². The second-order valence-corrected chi connectivity index (χ2v) is 2.79. The Balaban J connectivity index is 2.81. The molecule has 1 N–H and O–H groups in total. The van der Waals surface area contributed by atoms with Crippen LogP contribution in [0.3, 0.4) is 0 Å². The highest BCUT2D eigenvalue weighted by molar-refractivity contribution is 6.19. The molecule has 3 heteroatoms. The summed E-state index contributed by atoms with van der Waals surface area (Å²) in [7, 11) is 0. The van der Waals surface area contributed by atoms with E-state index in [0.29, 0.717) is 11.4 Å². The van der Waals surface area contributed by atoms with Gasteiger partial charge in [0.05, 0.1) is 5.56 Å². The highest BCUT2D eigenvalue weighted by Crippen LogP contribution is 2.06. The van der Waals surface area contributed by atoms with Crippen molar-refractivity contribution in [3.05, 3.63) is 41.5 Å². The van der Waals surface area contributed by atoms with Crippen LogP contribution in [-0.2, 0) is 0 Å². The number of carboxylic acids is 1. The average molecular weight is 197 g/mol. The lowest BCUT2D eigenvalue weighted by atomic mass is 10.1. The average Bonchev–Trinajstić information content (AvgIpc) is 2.15. The van der Waals surface area contributed by atoms with Crippen LogP contribution in [0.2, 0.25) is 0 Å². The van der Waals surface area contributed by atoms with Gasteiger partial charge in [-0.15, -0.1) is 11.6 Å². The molecule has 0 aliphatic heterocycles. The summed E-state index contributed by atoms with van der Waals surface area (Å²) in [5.41, 5.74) is 1.24. The van der Waals surface area contributed by atoms with Crippen LogP contribution in [0.1, 0.15) is 15.9 Å². The standard InChI is InChI=1S/C10H9ClO2/c11-7-1-2-8-3-5-9(6-4-8)10(12)13/h1-6H,7H2,(H,12,13). The first-order valence-electron chi connectivity index (χ1n) is 3.80. The predicted octanol–water partition coefficient (Wildman–Crippen LogP) is 2.64. The van der Waals surface area contributed by atoms with E-state index in [-0.39, 0.29) is 0 Å². The molecule has 0 heterocycles. The zero-order valence-electron chi connectivity index (χ0n) is 6.90. The number of hydrogen-bond donors (Lipinski definition) is 1. The van der Waals surface area contributed by atoms with Gasteiger partial charge in [-0.25, -0.2) is 4.79 Å². The van der Waals surface area contributed by atoms with E-state index in [1.165, 1.54) is 0 Å². The van der Waals surface area contributed by atoms with E-state index >= 15 is 0 Å². The van der Waals surface area contributed by atoms with Crippen molar-refractivity contribution in [3.63, 3.8) is 0 Å². The lowest BCUT2D eigenvalue weighted by Gasteiger charge is -1.94. The third-order valence-electron chi connectivity index (χ3n) is 1.56. The molecule has 0 bridgehead atoms. The first kappa shape index (κ1) is 9.81. The summed E-state index contributed by atoms with van der Waals surface area (Å²) in [6.45, 7) is 0. The van der Waals surface area contributed by atoms with Gasteiger partial charge in [-0.05, 0) is 17.7 Å². The van der Waals surface area contributed by atoms with Gasteiger partial charge >= 0.3 is 5.97 Å². The topological polar surface area (TPSA) is 37.3 Å². The molecule has 68 valence electrons. The van der Waals surface area contributed by atoms with Gasteiger partial charge in [0.25, 0.3) is 0 Å². The largest absolute Gasteiger partial charge is 0.478 e. The molecule has 0 aliphatic rings. The number of halogens is 1. The first-order valence-corrected chi connectivity index (χ1v) is 4.33. The van der Waals surface area contributed by atoms with Crippen molar-refractivity contribution in [3.8, 4) is 0 Å². The number of allylic oxidation sites excluding steroid dienone is 1. The van der Waals surface area contributed by atoms with Crippen LogP contribution in [0.25, 0.3) is 6.08 Å². The van der Waals surface area contributed by atoms with E-state index in [1.54, 1.807) is 30.3 Å². The Morgan fingerprint density at radius 3 is 2.46 bits per heavy atom. The van der Waals surface area contributed by atoms with E-state index in [9.17, 15) is 4.79 Å². The molecule has 0 fully saturated rings. The fourth-order valence-electron chi connectivity index (χ4n) is 0.917. The zero-order valence-corrected chi connectivity index (χ0v) is 7.66. The van der Waals surface area contributed by atoms with Crippen LogP contribution >= 0.6 is 11.6 Å². The third-order valence-corrected chi connectivity index (χ3v) is 1.74. The van der Waals surface area contributed by atoms with Gasteiger partial charge in [0.1, 0.15) is 0 Å². The molecule has 2 nitrogen and oxygen atoms in total. The minimum Gasteiger partial charge on any atom is -0.478 e. The lowest BCUT2D eigenvalue weighted by Crippen LogP contribution is -1.94. The highest BCUT2D eigenvalue weighted by atomic mass is 35.5. The van der Waals surface area contributed by atoms with E-state index in [2.05, 4.69) is 0 Å². The van der Waals surface area contributed by atoms with E-state index in [1.807, 2.05) is 6.08 Å². The lowest BCUT2D eigenvalue weighted by molar-refractivity contribution is 0.0697. The van der Waals surface area contributed by atoms with Crippen molar-refractivity contribution < 1.29 is 9.90 Å². The Hall–Kier alpha value is -1.28. The quantitative estimate of drug-likeness (QED) is 0.755. The maximum atomic E-state index is 10.5. The van der Waals surface area contributed by atoms with E-state index < -0.39 is 5.97 Å². The molecule has 0 unspecified atom stereocenters. The number of benzene rings is 1. The van der Waals surface area contributed by atoms with Crippen LogP contribution < -0.4 is 0 Å². The van der Waals surface area contributed by atoms with Gasteiger partial charge in [-0.3, -0.25) is 0 Å². The SMILES string of the molecule is O=C(O)c1ccc(C=CCCl)cc1. The molecular formula is C10H9ClO2. The van der Waals surface area contributed by atoms with Crippen molar-refractivity contribution in [2.45, 2.75) is 0 Å². The van der Waals surface area contributed by atoms with Crippen molar-refractivity contribution in [2.24, 2.45) is 0 Å². The highest BCUT2D eigenvalue weighted by Gasteiger charge is 1.99. The van der Waals surface area contributed by atoms with Gasteiger partial charge in [0.15, 0.2) is 0 Å². The van der Waals surface area contributed by atoms with Gasteiger partial charge < -0.3 is 5.11 Å². The molecule has 1 rings (SSSR count). The fraction of sp³-hybridized carbons (Fsp3) is 0.100. The van der Waals surface area contributed by atoms with Gasteiger partial charge in [-0.1, -0.05) is 24.3 Å². The Bertz CT molecular complexity index is 314. The first-order chi connectivity index (χ1) is 6.24. The fourth-order valence-corrected chi connectivity index (χ4v) is 1.01. The van der Waals surface area contributed by atoms with Crippen molar-refractivity contribution in [2.75, 3.05) is 5.88 Å². The van der Waals surface area contributed by atoms with Crippen molar-refractivity contribution in [1.29, 1.82) is 0 Å². The third kappa shape index (κ3) is 2.92. The number of carbonyl (C=O) groups is 1. The second-order valence-electron chi connectivity index (χ2n) is 2.48. The number of aromatic carboxylic acids is 1. The Kier molecular flexibility index (Phi) is 3.53. The zero-order chi connectivity index (χ0) is 9.68. The monoisotopic (exact) mass is 196 g/mol. The molecule has 0 atom stereocenters. The number of hydrogen-bond acceptors (Lipinski definition) is 1. The Labute approximate surface area is 81.5 Å². The summed E-state index contributed by atoms with van der Waals surface area (Å²) in [6.07, 6.45) is 3.65. The number of carboxylic acid groups (broad SMARTS) is 1. The summed E-state index contributed by atoms with van der Waals surface area (Å²) in [5, 5.41) is 8.61. The maximum Gasteiger partial charge on any atom is 0.335 e. The summed E-state index contributed by atoms with van der Waals surface area (Å²) in [5.74, 6) is -0.450. The molecule has 13 heavy (non-hydrogen) atoms. The van der Waals surface area contributed by atoms with Crippen LogP contribution in [0, 0.1) is 0 Å². The van der Waals surface area contributed by atoms with Crippen molar-refractivity contribution >= 4 is 23.6 Å². The normalized spacial score (nSPS) is 10.5. The smallest absolute Gasteiger partial charge is 0.335 e. The summed E-state index contributed by atoms with van der Waals surface area (Å²) in [6, 6.07) is 6.62. The van der Waals surface area contributed by atoms with Crippen LogP contribution in [0.4, 0.5) is 0 Å². The molecule has 0 aromatic heterocycles. The molecule has 0 saturated heterocycles. The molecule has 1 aromatic rings. The van der Waals surface area contributed by atoms with E-state index in [0.717, 1.165) is 5.56 Å². The van der Waals surface area contributed by atoms with Gasteiger partial charge in [-0.2, -0.15) is 0 Å². The minimum atomic E-state index is -0.909. The van der Waals surface area contributed by atoms with Gasteiger partial charge in [0, 0.05) is 5.88 Å². The minimum absolute atomic E-state index is 0.294. The van der Waals surface area contributed by atoms with Crippen LogP contribution in [0.5, 0.6) is 0 Å². The molecule has 0 aliphatic carbocycles. The molecular weight excluding hydrogens is 188 g/mol. The maximum absolute atomic E-state index is 10.5.